The van der Waals surface area contributed by atoms with E-state index in [2.05, 4.69) is 41.3 Å². The highest BCUT2D eigenvalue weighted by Crippen LogP contribution is 2.39. The van der Waals surface area contributed by atoms with Crippen molar-refractivity contribution in [2.75, 3.05) is 13.1 Å². The molecule has 3 unspecified atom stereocenters. The standard InChI is InChI=1S/C18H24N2/c19-12-10-18(16-7-2-1-3-8-16)20-13-11-15-6-4-5-9-17(15)14-20/h1-3,7-8,15,17-18H,4-6,9-11,13-14H2. The lowest BCUT2D eigenvalue weighted by Crippen LogP contribution is -2.43. The highest BCUT2D eigenvalue weighted by atomic mass is 15.2. The van der Waals surface area contributed by atoms with Crippen LogP contribution in [0.15, 0.2) is 30.3 Å². The van der Waals surface area contributed by atoms with Gasteiger partial charge in [-0.25, -0.2) is 0 Å². The monoisotopic (exact) mass is 268 g/mol. The Hall–Kier alpha value is -1.33. The number of rotatable bonds is 3. The van der Waals surface area contributed by atoms with Crippen molar-refractivity contribution in [3.05, 3.63) is 35.9 Å². The molecule has 0 bridgehead atoms. The predicted octanol–water partition coefficient (Wildman–Crippen LogP) is 4.15. The van der Waals surface area contributed by atoms with Crippen LogP contribution >= 0.6 is 0 Å². The van der Waals surface area contributed by atoms with Crippen LogP contribution in [0.5, 0.6) is 0 Å². The maximum absolute atomic E-state index is 9.18. The van der Waals surface area contributed by atoms with Crippen molar-refractivity contribution in [1.29, 1.82) is 5.26 Å². The van der Waals surface area contributed by atoms with Gasteiger partial charge in [-0.3, -0.25) is 4.90 Å². The maximum Gasteiger partial charge on any atom is 0.0641 e. The third-order valence-corrected chi connectivity index (χ3v) is 5.23. The molecule has 20 heavy (non-hydrogen) atoms. The molecular formula is C18H24N2. The van der Waals surface area contributed by atoms with E-state index in [0.717, 1.165) is 11.8 Å². The number of piperidine rings is 1. The van der Waals surface area contributed by atoms with Gasteiger partial charge in [0.05, 0.1) is 12.5 Å². The van der Waals surface area contributed by atoms with E-state index >= 15 is 0 Å². The molecule has 1 aliphatic carbocycles. The van der Waals surface area contributed by atoms with E-state index in [1.54, 1.807) is 0 Å². The first kappa shape index (κ1) is 13.6. The summed E-state index contributed by atoms with van der Waals surface area (Å²) in [7, 11) is 0. The summed E-state index contributed by atoms with van der Waals surface area (Å²) in [5, 5.41) is 9.18. The summed E-state index contributed by atoms with van der Waals surface area (Å²) in [5.74, 6) is 1.83. The van der Waals surface area contributed by atoms with Crippen LogP contribution in [-0.4, -0.2) is 18.0 Å². The maximum atomic E-state index is 9.18. The lowest BCUT2D eigenvalue weighted by molar-refractivity contribution is 0.0574. The van der Waals surface area contributed by atoms with Crippen LogP contribution in [0.1, 0.15) is 50.1 Å². The minimum absolute atomic E-state index is 0.295. The van der Waals surface area contributed by atoms with Gasteiger partial charge in [-0.1, -0.05) is 49.6 Å². The average Bonchev–Trinajstić information content (AvgIpc) is 2.53. The molecule has 3 atom stereocenters. The van der Waals surface area contributed by atoms with Gasteiger partial charge in [0.15, 0.2) is 0 Å². The molecule has 0 amide bonds. The number of nitriles is 1. The fourth-order valence-corrected chi connectivity index (χ4v) is 4.13. The van der Waals surface area contributed by atoms with Gasteiger partial charge < -0.3 is 0 Å². The zero-order chi connectivity index (χ0) is 13.8. The zero-order valence-corrected chi connectivity index (χ0v) is 12.2. The average molecular weight is 268 g/mol. The van der Waals surface area contributed by atoms with E-state index in [0.29, 0.717) is 12.5 Å². The van der Waals surface area contributed by atoms with Gasteiger partial charge in [0.25, 0.3) is 0 Å². The second-order valence-electron chi connectivity index (χ2n) is 6.38. The van der Waals surface area contributed by atoms with Gasteiger partial charge in [0.1, 0.15) is 0 Å². The summed E-state index contributed by atoms with van der Waals surface area (Å²) in [4.78, 5) is 2.57. The molecular weight excluding hydrogens is 244 g/mol. The van der Waals surface area contributed by atoms with Crippen molar-refractivity contribution in [2.24, 2.45) is 11.8 Å². The molecule has 1 aromatic carbocycles. The smallest absolute Gasteiger partial charge is 0.0641 e. The molecule has 2 heteroatoms. The molecule has 106 valence electrons. The molecule has 1 aromatic rings. The molecule has 2 nitrogen and oxygen atoms in total. The Labute approximate surface area is 122 Å². The highest BCUT2D eigenvalue weighted by molar-refractivity contribution is 5.20. The molecule has 0 spiro atoms. The van der Waals surface area contributed by atoms with E-state index < -0.39 is 0 Å². The topological polar surface area (TPSA) is 27.0 Å². The van der Waals surface area contributed by atoms with Crippen molar-refractivity contribution in [1.82, 2.24) is 4.90 Å². The third-order valence-electron chi connectivity index (χ3n) is 5.23. The minimum atomic E-state index is 0.295. The van der Waals surface area contributed by atoms with Crippen LogP contribution in [0.3, 0.4) is 0 Å². The van der Waals surface area contributed by atoms with Gasteiger partial charge in [-0.2, -0.15) is 5.26 Å². The Morgan fingerprint density at radius 2 is 1.85 bits per heavy atom. The highest BCUT2D eigenvalue weighted by Gasteiger charge is 2.34. The molecule has 3 rings (SSSR count). The molecule has 1 saturated carbocycles. The van der Waals surface area contributed by atoms with Gasteiger partial charge in [-0.05, 0) is 36.8 Å². The largest absolute Gasteiger partial charge is 0.295 e. The molecule has 2 aliphatic rings. The van der Waals surface area contributed by atoms with Gasteiger partial charge in [-0.15, -0.1) is 0 Å². The van der Waals surface area contributed by atoms with Crippen molar-refractivity contribution in [3.8, 4) is 6.07 Å². The van der Waals surface area contributed by atoms with Crippen LogP contribution < -0.4 is 0 Å². The lowest BCUT2D eigenvalue weighted by atomic mass is 9.74. The van der Waals surface area contributed by atoms with Gasteiger partial charge in [0, 0.05) is 12.6 Å². The number of fused-ring (bicyclic) bond motifs is 1. The summed E-state index contributed by atoms with van der Waals surface area (Å²) >= 11 is 0. The van der Waals surface area contributed by atoms with Crippen LogP contribution in [0.25, 0.3) is 0 Å². The Balaban J connectivity index is 1.74. The SMILES string of the molecule is N#CCC(c1ccccc1)N1CCC2CCCCC2C1. The molecule has 0 radical (unpaired) electrons. The second kappa shape index (κ2) is 6.41. The first-order chi connectivity index (χ1) is 9.88. The predicted molar refractivity (Wildman–Crippen MR) is 81.1 cm³/mol. The van der Waals surface area contributed by atoms with Crippen LogP contribution in [0, 0.1) is 23.2 Å². The Morgan fingerprint density at radius 1 is 1.10 bits per heavy atom. The van der Waals surface area contributed by atoms with Crippen LogP contribution in [0.2, 0.25) is 0 Å². The van der Waals surface area contributed by atoms with E-state index in [1.165, 1.54) is 50.8 Å². The van der Waals surface area contributed by atoms with Gasteiger partial charge in [0.2, 0.25) is 0 Å². The second-order valence-corrected chi connectivity index (χ2v) is 6.38. The summed E-state index contributed by atoms with van der Waals surface area (Å²) in [6.45, 7) is 2.37. The summed E-state index contributed by atoms with van der Waals surface area (Å²) < 4.78 is 0. The van der Waals surface area contributed by atoms with Crippen molar-refractivity contribution >= 4 is 0 Å². The Bertz CT molecular complexity index is 462. The molecule has 1 heterocycles. The Kier molecular flexibility index (Phi) is 4.38. The van der Waals surface area contributed by atoms with Crippen LogP contribution in [0.4, 0.5) is 0 Å². The van der Waals surface area contributed by atoms with Crippen LogP contribution in [-0.2, 0) is 0 Å². The first-order valence-corrected chi connectivity index (χ1v) is 8.04. The summed E-state index contributed by atoms with van der Waals surface area (Å²) in [6, 6.07) is 13.3. The third kappa shape index (κ3) is 2.88. The molecule has 0 aromatic heterocycles. The van der Waals surface area contributed by atoms with E-state index in [9.17, 15) is 5.26 Å². The van der Waals surface area contributed by atoms with E-state index in [1.807, 2.05) is 0 Å². The fraction of sp³-hybridized carbons (Fsp3) is 0.611. The summed E-state index contributed by atoms with van der Waals surface area (Å²) in [5.41, 5.74) is 1.31. The number of hydrogen-bond donors (Lipinski definition) is 0. The number of likely N-dealkylation sites (tertiary alicyclic amines) is 1. The normalized spacial score (nSPS) is 28.4. The Morgan fingerprint density at radius 3 is 2.60 bits per heavy atom. The quantitative estimate of drug-likeness (QED) is 0.823. The van der Waals surface area contributed by atoms with E-state index in [4.69, 9.17) is 0 Å². The molecule has 1 saturated heterocycles. The minimum Gasteiger partial charge on any atom is -0.295 e. The van der Waals surface area contributed by atoms with Crippen molar-refractivity contribution in [2.45, 2.75) is 44.6 Å². The molecule has 2 fully saturated rings. The fourth-order valence-electron chi connectivity index (χ4n) is 4.13. The number of hydrogen-bond acceptors (Lipinski definition) is 2. The number of benzene rings is 1. The van der Waals surface area contributed by atoms with E-state index in [-0.39, 0.29) is 0 Å². The number of nitrogens with zero attached hydrogens (tertiary/aromatic N) is 2. The molecule has 0 N–H and O–H groups in total. The lowest BCUT2D eigenvalue weighted by Gasteiger charge is -2.44. The summed E-state index contributed by atoms with van der Waals surface area (Å²) in [6.07, 6.45) is 7.62. The van der Waals surface area contributed by atoms with Gasteiger partial charge >= 0.3 is 0 Å². The molecule has 1 aliphatic heterocycles. The van der Waals surface area contributed by atoms with Crippen molar-refractivity contribution < 1.29 is 0 Å². The van der Waals surface area contributed by atoms with Crippen molar-refractivity contribution in [3.63, 3.8) is 0 Å². The zero-order valence-electron chi connectivity index (χ0n) is 12.2. The first-order valence-electron chi connectivity index (χ1n) is 8.04.